The number of rotatable bonds is 0. The van der Waals surface area contributed by atoms with E-state index >= 15 is 0 Å². The van der Waals surface area contributed by atoms with Crippen molar-refractivity contribution in [3.05, 3.63) is 29.0 Å². The van der Waals surface area contributed by atoms with E-state index in [1.807, 2.05) is 0 Å². The first-order valence-corrected chi connectivity index (χ1v) is 3.12. The van der Waals surface area contributed by atoms with E-state index in [0.717, 1.165) is 0 Å². The van der Waals surface area contributed by atoms with Crippen molar-refractivity contribution in [2.45, 2.75) is 0 Å². The first-order valence-electron chi connectivity index (χ1n) is 2.33. The summed E-state index contributed by atoms with van der Waals surface area (Å²) in [6.07, 6.45) is 2.45. The van der Waals surface area contributed by atoms with Crippen LogP contribution < -0.4 is 0 Å². The fraction of sp³-hybridized carbons (Fsp3) is 0. The molecule has 1 rings (SSSR count). The number of halogens is 2. The smallest absolute Gasteiger partial charge is 0.244 e. The second-order valence-corrected chi connectivity index (χ2v) is 2.47. The third kappa shape index (κ3) is 2.82. The number of nitrogens with zero attached hydrogens (tertiary/aromatic N) is 1. The Balaban J connectivity index is 0.000000810. The Kier molecular flexibility index (Phi) is 5.03. The molecule has 0 spiro atoms. The van der Waals surface area contributed by atoms with Gasteiger partial charge < -0.3 is 0 Å². The van der Waals surface area contributed by atoms with Gasteiger partial charge in [0.15, 0.2) is 0 Å². The molecule has 1 heterocycles. The molecule has 10 heavy (non-hydrogen) atoms. The first kappa shape index (κ1) is 10.8. The third-order valence-corrected chi connectivity index (χ3v) is 1.41. The van der Waals surface area contributed by atoms with Gasteiger partial charge >= 0.3 is 0 Å². The minimum Gasteiger partial charge on any atom is -0.244 e. The van der Waals surface area contributed by atoms with E-state index in [1.54, 1.807) is 6.08 Å². The molecule has 1 aliphatic heterocycles. The van der Waals surface area contributed by atoms with E-state index in [-0.39, 0.29) is 37.7 Å². The summed E-state index contributed by atoms with van der Waals surface area (Å²) in [5.74, 6) is 0. The second-order valence-electron chi connectivity index (χ2n) is 1.62. The van der Waals surface area contributed by atoms with Crippen molar-refractivity contribution in [2.75, 3.05) is 0 Å². The van der Waals surface area contributed by atoms with E-state index in [0.29, 0.717) is 10.1 Å². The molecule has 0 atom stereocenters. The zero-order valence-electron chi connectivity index (χ0n) is 4.87. The van der Waals surface area contributed by atoms with Crippen LogP contribution in [0.5, 0.6) is 0 Å². The Morgan fingerprint density at radius 1 is 1.60 bits per heavy atom. The van der Waals surface area contributed by atoms with Crippen molar-refractivity contribution >= 4 is 22.1 Å². The minimum absolute atomic E-state index is 0. The van der Waals surface area contributed by atoms with Gasteiger partial charge in [0.2, 0.25) is 0 Å². The Hall–Kier alpha value is 0.820. The quantitative estimate of drug-likeness (QED) is 0.468. The van der Waals surface area contributed by atoms with Crippen LogP contribution in [0.25, 0.3) is 0 Å². The fourth-order valence-corrected chi connectivity index (χ4v) is 0.857. The van der Waals surface area contributed by atoms with Crippen LogP contribution >= 0.6 is 15.9 Å². The molecule has 0 aromatic heterocycles. The predicted molar refractivity (Wildman–Crippen MR) is 39.0 cm³/mol. The molecule has 4 heteroatoms. The summed E-state index contributed by atoms with van der Waals surface area (Å²) >= 11 is 2.97. The van der Waals surface area contributed by atoms with E-state index in [4.69, 9.17) is 0 Å². The number of allylic oxidation sites excluding steroid dienone is 2. The first-order chi connectivity index (χ1) is 4.20. The molecule has 0 amide bonds. The van der Waals surface area contributed by atoms with Crippen LogP contribution in [-0.4, -0.2) is 6.21 Å². The van der Waals surface area contributed by atoms with Gasteiger partial charge in [-0.3, -0.25) is 0 Å². The number of hydrogen-bond acceptors (Lipinski definition) is 1. The number of dihydropyridines is 1. The SMILES string of the molecule is C=C1C=N[C](F)C(Br)=C1.[Ho]. The van der Waals surface area contributed by atoms with Crippen LogP contribution in [-0.2, 0) is 0 Å². The molecule has 1 aliphatic rings. The van der Waals surface area contributed by atoms with Crippen molar-refractivity contribution in [3.8, 4) is 0 Å². The average Bonchev–Trinajstić information content (AvgIpc) is 1.80. The maximum Gasteiger partial charge on any atom is 0.291 e. The summed E-state index contributed by atoms with van der Waals surface area (Å²) in [6, 6.07) is 0. The molecule has 0 fully saturated rings. The summed E-state index contributed by atoms with van der Waals surface area (Å²) in [6.45, 7) is 3.56. The van der Waals surface area contributed by atoms with Crippen LogP contribution in [0.1, 0.15) is 0 Å². The standard InChI is InChI=1S/C6H4BrFN.Ho/c1-4-2-5(7)6(8)9-3-4;/h2-3H,1H2;. The molecule has 0 aliphatic carbocycles. The van der Waals surface area contributed by atoms with E-state index < -0.39 is 6.30 Å². The van der Waals surface area contributed by atoms with Gasteiger partial charge in [-0.15, -0.1) is 0 Å². The van der Waals surface area contributed by atoms with Gasteiger partial charge in [0.05, 0.1) is 4.48 Å². The maximum absolute atomic E-state index is 12.3. The third-order valence-electron chi connectivity index (χ3n) is 0.853. The van der Waals surface area contributed by atoms with Crippen LogP contribution in [0.3, 0.4) is 0 Å². The predicted octanol–water partition coefficient (Wildman–Crippen LogP) is 2.36. The van der Waals surface area contributed by atoms with E-state index in [9.17, 15) is 4.39 Å². The van der Waals surface area contributed by atoms with Gasteiger partial charge in [-0.25, -0.2) is 9.38 Å². The summed E-state index contributed by atoms with van der Waals surface area (Å²) < 4.78 is 12.7. The zero-order chi connectivity index (χ0) is 6.85. The van der Waals surface area contributed by atoms with Gasteiger partial charge in [0.1, 0.15) is 0 Å². The largest absolute Gasteiger partial charge is 0.291 e. The topological polar surface area (TPSA) is 12.4 Å². The Bertz CT molecular complexity index is 200. The summed E-state index contributed by atoms with van der Waals surface area (Å²) in [7, 11) is 0. The normalized spacial score (nSPS) is 18.2. The molecule has 0 N–H and O–H groups in total. The number of aliphatic imine (C=N–C) groups is 1. The van der Waals surface area contributed by atoms with Crippen LogP contribution in [0, 0.1) is 44.0 Å². The van der Waals surface area contributed by atoms with Crippen molar-refractivity contribution in [3.63, 3.8) is 0 Å². The molecule has 0 saturated heterocycles. The molecule has 0 saturated carbocycles. The van der Waals surface area contributed by atoms with Crippen LogP contribution in [0.15, 0.2) is 27.7 Å². The summed E-state index contributed by atoms with van der Waals surface area (Å²) in [4.78, 5) is 3.40. The van der Waals surface area contributed by atoms with Gasteiger partial charge in [0.25, 0.3) is 6.30 Å². The van der Waals surface area contributed by atoms with E-state index in [2.05, 4.69) is 27.5 Å². The second kappa shape index (κ2) is 4.65. The monoisotopic (exact) mass is 353 g/mol. The molecule has 0 aromatic rings. The molecule has 2 radical (unpaired) electrons. The summed E-state index contributed by atoms with van der Waals surface area (Å²) in [5.41, 5.74) is 0.697. The van der Waals surface area contributed by atoms with Gasteiger partial charge in [-0.05, 0) is 27.6 Å². The average molecular weight is 354 g/mol. The van der Waals surface area contributed by atoms with Crippen molar-refractivity contribution in [1.29, 1.82) is 0 Å². The molecule has 58 valence electrons. The Labute approximate surface area is 97.2 Å². The fourth-order valence-electron chi connectivity index (χ4n) is 0.461. The van der Waals surface area contributed by atoms with E-state index in [1.165, 1.54) is 6.21 Å². The van der Waals surface area contributed by atoms with Crippen LogP contribution in [0.4, 0.5) is 4.39 Å². The Morgan fingerprint density at radius 2 is 2.20 bits per heavy atom. The number of hydrogen-bond donors (Lipinski definition) is 0. The molecule has 0 bridgehead atoms. The molecule has 0 unspecified atom stereocenters. The Morgan fingerprint density at radius 3 is 2.60 bits per heavy atom. The van der Waals surface area contributed by atoms with Crippen molar-refractivity contribution < 1.29 is 42.1 Å². The minimum atomic E-state index is -0.498. The van der Waals surface area contributed by atoms with Gasteiger partial charge in [-0.1, -0.05) is 6.58 Å². The molecule has 1 nitrogen and oxygen atoms in total. The van der Waals surface area contributed by atoms with Gasteiger partial charge in [0, 0.05) is 44.0 Å². The molecular formula is C6H4BrFHoN. The summed E-state index contributed by atoms with van der Waals surface area (Å²) in [5, 5.41) is 0. The van der Waals surface area contributed by atoms with Gasteiger partial charge in [-0.2, -0.15) is 0 Å². The zero-order valence-corrected chi connectivity index (χ0v) is 8.39. The molecule has 0 aromatic carbocycles. The molecular weight excluding hydrogens is 350 g/mol. The van der Waals surface area contributed by atoms with Crippen molar-refractivity contribution in [1.82, 2.24) is 0 Å². The van der Waals surface area contributed by atoms with Crippen LogP contribution in [0.2, 0.25) is 0 Å². The maximum atomic E-state index is 12.3. The van der Waals surface area contributed by atoms with Crippen molar-refractivity contribution in [2.24, 2.45) is 4.99 Å².